The van der Waals surface area contributed by atoms with Crippen molar-refractivity contribution in [2.75, 3.05) is 26.2 Å². The molecule has 0 bridgehead atoms. The van der Waals surface area contributed by atoms with E-state index in [0.717, 1.165) is 24.1 Å². The van der Waals surface area contributed by atoms with Crippen LogP contribution in [-0.4, -0.2) is 37.1 Å². The molecule has 1 heterocycles. The number of hydrogen-bond donors (Lipinski definition) is 1. The number of rotatable bonds is 3. The van der Waals surface area contributed by atoms with Crippen LogP contribution in [0.3, 0.4) is 0 Å². The van der Waals surface area contributed by atoms with Crippen molar-refractivity contribution < 1.29 is 0 Å². The summed E-state index contributed by atoms with van der Waals surface area (Å²) in [4.78, 5) is 2.46. The van der Waals surface area contributed by atoms with Crippen molar-refractivity contribution in [1.82, 2.24) is 10.2 Å². The second-order valence-corrected chi connectivity index (χ2v) is 4.79. The molecule has 1 rings (SSSR count). The monoisotopic (exact) mass is 246 g/mol. The van der Waals surface area contributed by atoms with Gasteiger partial charge in [-0.05, 0) is 25.9 Å². The fourth-order valence-electron chi connectivity index (χ4n) is 1.74. The van der Waals surface area contributed by atoms with Gasteiger partial charge in [0.1, 0.15) is 0 Å². The summed E-state index contributed by atoms with van der Waals surface area (Å²) in [6, 6.07) is 0.661. The van der Waals surface area contributed by atoms with Gasteiger partial charge in [-0.15, -0.1) is 0 Å². The van der Waals surface area contributed by atoms with E-state index >= 15 is 0 Å². The zero-order valence-electron chi connectivity index (χ0n) is 8.35. The summed E-state index contributed by atoms with van der Waals surface area (Å²) in [5.74, 6) is 0. The molecule has 0 radical (unpaired) electrons. The summed E-state index contributed by atoms with van der Waals surface area (Å²) < 4.78 is 1.09. The summed E-state index contributed by atoms with van der Waals surface area (Å²) in [6.07, 6.45) is 2.46. The molecule has 0 aromatic heterocycles. The van der Waals surface area contributed by atoms with Gasteiger partial charge in [0.25, 0.3) is 0 Å². The Balaban J connectivity index is 2.39. The molecule has 13 heavy (non-hydrogen) atoms. The van der Waals surface area contributed by atoms with Crippen molar-refractivity contribution >= 4 is 15.9 Å². The van der Waals surface area contributed by atoms with Gasteiger partial charge >= 0.3 is 0 Å². The first-order valence-corrected chi connectivity index (χ1v) is 5.80. The minimum Gasteiger partial charge on any atom is -0.313 e. The van der Waals surface area contributed by atoms with Gasteiger partial charge in [-0.1, -0.05) is 29.4 Å². The fraction of sp³-hybridized carbons (Fsp3) is 0.800. The normalized spacial score (nSPS) is 25.5. The van der Waals surface area contributed by atoms with Crippen LogP contribution < -0.4 is 5.32 Å². The van der Waals surface area contributed by atoms with Crippen LogP contribution in [0.15, 0.2) is 11.1 Å². The van der Waals surface area contributed by atoms with Gasteiger partial charge in [0.2, 0.25) is 0 Å². The van der Waals surface area contributed by atoms with Gasteiger partial charge in [-0.25, -0.2) is 0 Å². The van der Waals surface area contributed by atoms with E-state index in [9.17, 15) is 0 Å². The zero-order chi connectivity index (χ0) is 9.68. The highest BCUT2D eigenvalue weighted by Crippen LogP contribution is 2.08. The van der Waals surface area contributed by atoms with E-state index in [1.165, 1.54) is 19.4 Å². The lowest BCUT2D eigenvalue weighted by Gasteiger charge is -2.22. The molecule has 0 saturated carbocycles. The maximum atomic E-state index is 3.89. The summed E-state index contributed by atoms with van der Waals surface area (Å²) in [5, 5.41) is 3.55. The predicted octanol–water partition coefficient (Wildman–Crippen LogP) is 1.97. The van der Waals surface area contributed by atoms with E-state index in [-0.39, 0.29) is 0 Å². The summed E-state index contributed by atoms with van der Waals surface area (Å²) in [6.45, 7) is 10.6. The van der Waals surface area contributed by atoms with Crippen LogP contribution in [0.25, 0.3) is 0 Å². The maximum absolute atomic E-state index is 3.89. The SMILES string of the molecule is C=C(Br)CN1CCCNC(CC)C1. The average molecular weight is 247 g/mol. The lowest BCUT2D eigenvalue weighted by atomic mass is 10.2. The van der Waals surface area contributed by atoms with Crippen LogP contribution in [0.5, 0.6) is 0 Å². The molecule has 0 amide bonds. The fourth-order valence-corrected chi connectivity index (χ4v) is 2.09. The third-order valence-electron chi connectivity index (χ3n) is 2.45. The second-order valence-electron chi connectivity index (χ2n) is 3.67. The number of hydrogen-bond acceptors (Lipinski definition) is 2. The molecule has 0 spiro atoms. The second kappa shape index (κ2) is 5.78. The van der Waals surface area contributed by atoms with Crippen LogP contribution in [0.4, 0.5) is 0 Å². The third-order valence-corrected chi connectivity index (χ3v) is 2.70. The third kappa shape index (κ3) is 4.25. The predicted molar refractivity (Wildman–Crippen MR) is 61.2 cm³/mol. The molecule has 1 aliphatic heterocycles. The Labute approximate surface area is 89.5 Å². The van der Waals surface area contributed by atoms with E-state index in [2.05, 4.69) is 39.6 Å². The van der Waals surface area contributed by atoms with Crippen molar-refractivity contribution in [2.45, 2.75) is 25.8 Å². The van der Waals surface area contributed by atoms with Crippen LogP contribution in [0, 0.1) is 0 Å². The molecule has 1 atom stereocenters. The van der Waals surface area contributed by atoms with E-state index < -0.39 is 0 Å². The van der Waals surface area contributed by atoms with Crippen molar-refractivity contribution in [2.24, 2.45) is 0 Å². The Morgan fingerprint density at radius 2 is 2.46 bits per heavy atom. The first-order valence-electron chi connectivity index (χ1n) is 5.01. The topological polar surface area (TPSA) is 15.3 Å². The largest absolute Gasteiger partial charge is 0.313 e. The molecule has 1 unspecified atom stereocenters. The van der Waals surface area contributed by atoms with E-state index in [4.69, 9.17) is 0 Å². The highest BCUT2D eigenvalue weighted by atomic mass is 79.9. The summed E-state index contributed by atoms with van der Waals surface area (Å²) in [5.41, 5.74) is 0. The quantitative estimate of drug-likeness (QED) is 0.820. The Bertz CT molecular complexity index is 170. The zero-order valence-corrected chi connectivity index (χ0v) is 9.94. The van der Waals surface area contributed by atoms with Gasteiger partial charge in [-0.3, -0.25) is 4.90 Å². The average Bonchev–Trinajstić information content (AvgIpc) is 2.28. The van der Waals surface area contributed by atoms with Crippen LogP contribution in [0.1, 0.15) is 19.8 Å². The lowest BCUT2D eigenvalue weighted by Crippen LogP contribution is -2.37. The molecule has 76 valence electrons. The highest BCUT2D eigenvalue weighted by molar-refractivity contribution is 9.11. The minimum atomic E-state index is 0.661. The Morgan fingerprint density at radius 3 is 3.08 bits per heavy atom. The molecule has 3 heteroatoms. The first kappa shape index (κ1) is 11.2. The van der Waals surface area contributed by atoms with Gasteiger partial charge in [0.05, 0.1) is 0 Å². The molecule has 0 aliphatic carbocycles. The molecule has 2 nitrogen and oxygen atoms in total. The Hall–Kier alpha value is 0.140. The molecule has 0 aromatic rings. The van der Waals surface area contributed by atoms with Crippen LogP contribution >= 0.6 is 15.9 Å². The van der Waals surface area contributed by atoms with Crippen molar-refractivity contribution in [1.29, 1.82) is 0 Å². The van der Waals surface area contributed by atoms with Gasteiger partial charge in [-0.2, -0.15) is 0 Å². The molecule has 1 aliphatic rings. The summed E-state index contributed by atoms with van der Waals surface area (Å²) >= 11 is 3.42. The Kier molecular flexibility index (Phi) is 4.99. The molecule has 1 fully saturated rings. The Morgan fingerprint density at radius 1 is 1.69 bits per heavy atom. The number of halogens is 1. The number of nitrogens with zero attached hydrogens (tertiary/aromatic N) is 1. The van der Waals surface area contributed by atoms with Gasteiger partial charge < -0.3 is 5.32 Å². The molecule has 1 saturated heterocycles. The molecular formula is C10H19BrN2. The van der Waals surface area contributed by atoms with E-state index in [1.807, 2.05) is 0 Å². The number of nitrogens with one attached hydrogen (secondary N) is 1. The van der Waals surface area contributed by atoms with E-state index in [0.29, 0.717) is 6.04 Å². The lowest BCUT2D eigenvalue weighted by molar-refractivity contribution is 0.291. The standard InChI is InChI=1S/C10H19BrN2/c1-3-10-8-13(7-9(2)11)6-4-5-12-10/h10,12H,2-8H2,1H3. The van der Waals surface area contributed by atoms with Crippen molar-refractivity contribution in [3.63, 3.8) is 0 Å². The molecular weight excluding hydrogens is 228 g/mol. The molecule has 0 aromatic carbocycles. The van der Waals surface area contributed by atoms with E-state index in [1.54, 1.807) is 0 Å². The van der Waals surface area contributed by atoms with Crippen molar-refractivity contribution in [3.8, 4) is 0 Å². The van der Waals surface area contributed by atoms with Crippen LogP contribution in [-0.2, 0) is 0 Å². The smallest absolute Gasteiger partial charge is 0.0294 e. The first-order chi connectivity index (χ1) is 6.22. The minimum absolute atomic E-state index is 0.661. The van der Waals surface area contributed by atoms with Gasteiger partial charge in [0, 0.05) is 23.6 Å². The van der Waals surface area contributed by atoms with Crippen molar-refractivity contribution in [3.05, 3.63) is 11.1 Å². The highest BCUT2D eigenvalue weighted by Gasteiger charge is 2.15. The molecule has 1 N–H and O–H groups in total. The maximum Gasteiger partial charge on any atom is 0.0294 e. The van der Waals surface area contributed by atoms with Crippen LogP contribution in [0.2, 0.25) is 0 Å². The van der Waals surface area contributed by atoms with Gasteiger partial charge in [0.15, 0.2) is 0 Å². The summed E-state index contributed by atoms with van der Waals surface area (Å²) in [7, 11) is 0.